The van der Waals surface area contributed by atoms with Crippen molar-refractivity contribution in [2.24, 2.45) is 5.89 Å². The first kappa shape index (κ1) is 12.1. The summed E-state index contributed by atoms with van der Waals surface area (Å²) in [5.74, 6) is -0.224. The average molecular weight is 332 g/mol. The maximum Gasteiger partial charge on any atom is 0.231 e. The fraction of sp³-hybridized carbons (Fsp3) is 0.368. The lowest BCUT2D eigenvalue weighted by Gasteiger charge is -2.32. The van der Waals surface area contributed by atoms with E-state index in [0.717, 1.165) is 18.5 Å². The van der Waals surface area contributed by atoms with Gasteiger partial charge in [-0.05, 0) is 48.7 Å². The number of hydrogen-bond donors (Lipinski definition) is 1. The third kappa shape index (κ3) is 3.17. The highest BCUT2D eigenvalue weighted by Gasteiger charge is 2.27. The average Bonchev–Trinajstić information content (AvgIpc) is 2.94. The smallest absolute Gasteiger partial charge is 0.231 e. The Morgan fingerprint density at radius 1 is 1.21 bits per heavy atom. The van der Waals surface area contributed by atoms with Gasteiger partial charge in [-0.15, -0.1) is 0 Å². The van der Waals surface area contributed by atoms with Gasteiger partial charge in [0, 0.05) is 19.9 Å². The predicted octanol–water partition coefficient (Wildman–Crippen LogP) is 3.33. The van der Waals surface area contributed by atoms with Crippen molar-refractivity contribution in [3.05, 3.63) is 53.8 Å². The zero-order valence-corrected chi connectivity index (χ0v) is 13.0. The first-order valence-corrected chi connectivity index (χ1v) is 7.96. The lowest BCUT2D eigenvalue weighted by atomic mass is 9.81. The fourth-order valence-electron chi connectivity index (χ4n) is 3.10. The van der Waals surface area contributed by atoms with Crippen LogP contribution in [0.25, 0.3) is 0 Å². The highest BCUT2D eigenvalue weighted by Crippen LogP contribution is 2.36. The third-order valence-electron chi connectivity index (χ3n) is 4.37. The zero-order chi connectivity index (χ0) is 19.1. The predicted molar refractivity (Wildman–Crippen MR) is 88.2 cm³/mol. The van der Waals surface area contributed by atoms with Gasteiger partial charge in [0.1, 0.15) is 14.3 Å². The van der Waals surface area contributed by atoms with Crippen LogP contribution in [-0.4, -0.2) is 26.4 Å². The van der Waals surface area contributed by atoms with Crippen molar-refractivity contribution in [1.82, 2.24) is 5.32 Å². The Morgan fingerprint density at radius 2 is 2.04 bits per heavy atom. The quantitative estimate of drug-likeness (QED) is 0.932. The molecule has 24 heavy (non-hydrogen) atoms. The minimum atomic E-state index is -2.18. The van der Waals surface area contributed by atoms with Gasteiger partial charge < -0.3 is 19.5 Å². The van der Waals surface area contributed by atoms with Gasteiger partial charge in [-0.2, -0.15) is 0 Å². The summed E-state index contributed by atoms with van der Waals surface area (Å²) in [5, 5.41) is 3.24. The maximum absolute atomic E-state index is 13.2. The number of piperidine rings is 1. The summed E-state index contributed by atoms with van der Waals surface area (Å²) in [6.45, 7) is -0.795. The molecule has 2 aliphatic rings. The monoisotopic (exact) mass is 332 g/mol. The Hall–Kier alpha value is -2.27. The third-order valence-corrected chi connectivity index (χ3v) is 4.37. The molecular weight excluding hydrogens is 309 g/mol. The molecule has 4 rings (SSSR count). The number of ether oxygens (including phenoxy) is 3. The van der Waals surface area contributed by atoms with E-state index < -0.39 is 12.6 Å². The molecule has 2 aromatic carbocycles. The van der Waals surface area contributed by atoms with Crippen molar-refractivity contribution >= 4 is 0 Å². The van der Waals surface area contributed by atoms with Gasteiger partial charge in [-0.3, -0.25) is 0 Å². The second-order valence-electron chi connectivity index (χ2n) is 5.91. The van der Waals surface area contributed by atoms with E-state index in [-0.39, 0.29) is 24.1 Å². The number of nitrogens with one attached hydrogen (secondary N) is 1. The second kappa shape index (κ2) is 6.69. The molecule has 0 spiro atoms. The van der Waals surface area contributed by atoms with Crippen LogP contribution in [0, 0.1) is 11.7 Å². The molecule has 2 aromatic rings. The molecule has 126 valence electrons. The van der Waals surface area contributed by atoms with Crippen LogP contribution in [0.3, 0.4) is 0 Å². The molecular formula is C19H20FNO3. The van der Waals surface area contributed by atoms with E-state index in [1.54, 1.807) is 30.3 Å². The maximum atomic E-state index is 13.2. The highest BCUT2D eigenvalue weighted by atomic mass is 19.1. The molecule has 0 saturated carbocycles. The molecule has 0 aliphatic carbocycles. The summed E-state index contributed by atoms with van der Waals surface area (Å²) < 4.78 is 53.1. The van der Waals surface area contributed by atoms with Gasteiger partial charge in [-0.1, -0.05) is 12.1 Å². The minimum absolute atomic E-state index is 0.0810. The molecule has 0 aromatic heterocycles. The molecule has 2 aliphatic heterocycles. The van der Waals surface area contributed by atoms with Crippen LogP contribution in [0.1, 0.15) is 22.0 Å². The molecule has 0 amide bonds. The summed E-state index contributed by atoms with van der Waals surface area (Å²) in [6, 6.07) is 11.1. The molecule has 4 nitrogen and oxygen atoms in total. The lowest BCUT2D eigenvalue weighted by Crippen LogP contribution is -2.38. The van der Waals surface area contributed by atoms with Gasteiger partial charge in [0.2, 0.25) is 6.75 Å². The van der Waals surface area contributed by atoms with Crippen molar-refractivity contribution in [2.45, 2.75) is 12.3 Å². The van der Waals surface area contributed by atoms with E-state index >= 15 is 0 Å². The second-order valence-corrected chi connectivity index (χ2v) is 5.91. The molecule has 2 heterocycles. The van der Waals surface area contributed by atoms with Crippen LogP contribution < -0.4 is 19.5 Å². The Balaban J connectivity index is 1.50. The van der Waals surface area contributed by atoms with Crippen LogP contribution in [0.15, 0.2) is 42.5 Å². The fourth-order valence-corrected chi connectivity index (χ4v) is 3.10. The highest BCUT2D eigenvalue weighted by molar-refractivity contribution is 5.46. The zero-order valence-electron chi connectivity index (χ0n) is 16.0. The molecule has 0 radical (unpaired) electrons. The van der Waals surface area contributed by atoms with Crippen LogP contribution in [0.2, 0.25) is 0 Å². The van der Waals surface area contributed by atoms with Crippen LogP contribution in [0.5, 0.6) is 17.2 Å². The summed E-state index contributed by atoms with van der Waals surface area (Å²) in [6.07, 6.45) is 0.764. The van der Waals surface area contributed by atoms with Crippen molar-refractivity contribution < 1.29 is 22.7 Å². The molecule has 0 bridgehead atoms. The van der Waals surface area contributed by atoms with E-state index in [9.17, 15) is 4.39 Å². The van der Waals surface area contributed by atoms with Gasteiger partial charge in [0.05, 0.1) is 6.61 Å². The Bertz CT molecular complexity index is 833. The largest absolute Gasteiger partial charge is 0.493 e. The van der Waals surface area contributed by atoms with E-state index in [0.29, 0.717) is 18.0 Å². The van der Waals surface area contributed by atoms with Crippen molar-refractivity contribution in [3.63, 3.8) is 0 Å². The number of hydrogen-bond acceptors (Lipinski definition) is 4. The lowest BCUT2D eigenvalue weighted by molar-refractivity contribution is 0.173. The van der Waals surface area contributed by atoms with Crippen LogP contribution in [0.4, 0.5) is 4.39 Å². The number of benzene rings is 2. The molecule has 5 heteroatoms. The minimum Gasteiger partial charge on any atom is -0.493 e. The molecule has 1 fully saturated rings. The normalized spacial score (nSPS) is 29.4. The standard InChI is InChI=1S/C19H20FNO3/c20-15-3-1-13(2-4-15)17-7-8-21-10-14(17)11-22-16-5-6-18-19(9-16)24-12-23-18/h1-6,9,14,17,21H,7-8,10-12H2/t14?,17-/m0/s1/i12D2,14D. The van der Waals surface area contributed by atoms with E-state index in [1.165, 1.54) is 12.1 Å². The Labute approximate surface area is 144 Å². The number of rotatable bonds is 4. The Kier molecular flexibility index (Phi) is 3.39. The first-order valence-electron chi connectivity index (χ1n) is 9.46. The Morgan fingerprint density at radius 3 is 2.92 bits per heavy atom. The van der Waals surface area contributed by atoms with Gasteiger partial charge >= 0.3 is 0 Å². The van der Waals surface area contributed by atoms with E-state index in [4.69, 9.17) is 18.3 Å². The SMILES string of the molecule is [2H]C1([2H])Oc2ccc(OCC3([2H])CNCC[C@H]3c3ccc(F)cc3)cc2O1. The molecule has 1 saturated heterocycles. The van der Waals surface area contributed by atoms with Crippen LogP contribution in [-0.2, 0) is 0 Å². The summed E-state index contributed by atoms with van der Waals surface area (Å²) in [5.41, 5.74) is 0.926. The van der Waals surface area contributed by atoms with Crippen LogP contribution >= 0.6 is 0 Å². The van der Waals surface area contributed by atoms with E-state index in [2.05, 4.69) is 5.32 Å². The van der Waals surface area contributed by atoms with E-state index in [1.807, 2.05) is 0 Å². The van der Waals surface area contributed by atoms with Crippen molar-refractivity contribution in [1.29, 1.82) is 0 Å². The van der Waals surface area contributed by atoms with Crippen molar-refractivity contribution in [2.75, 3.05) is 26.4 Å². The number of fused-ring (bicyclic) bond motifs is 1. The summed E-state index contributed by atoms with van der Waals surface area (Å²) in [4.78, 5) is 0. The number of halogens is 1. The topological polar surface area (TPSA) is 39.7 Å². The summed E-state index contributed by atoms with van der Waals surface area (Å²) in [7, 11) is 0. The van der Waals surface area contributed by atoms with Gasteiger partial charge in [0.15, 0.2) is 11.5 Å². The first-order chi connectivity index (χ1) is 12.8. The van der Waals surface area contributed by atoms with Gasteiger partial charge in [0.25, 0.3) is 0 Å². The van der Waals surface area contributed by atoms with Crippen molar-refractivity contribution in [3.8, 4) is 17.2 Å². The molecule has 1 unspecified atom stereocenters. The molecule has 2 atom stereocenters. The molecule has 1 N–H and O–H groups in total. The van der Waals surface area contributed by atoms with Gasteiger partial charge in [-0.25, -0.2) is 4.39 Å². The summed E-state index contributed by atoms with van der Waals surface area (Å²) >= 11 is 0.